The molecule has 5 heteroatoms. The van der Waals surface area contributed by atoms with Crippen LogP contribution < -0.4 is 10.6 Å². The maximum atomic E-state index is 6.51. The van der Waals surface area contributed by atoms with Crippen molar-refractivity contribution in [2.75, 3.05) is 0 Å². The van der Waals surface area contributed by atoms with Gasteiger partial charge in [-0.2, -0.15) is 0 Å². The van der Waals surface area contributed by atoms with Gasteiger partial charge in [0.1, 0.15) is 40.5 Å². The lowest BCUT2D eigenvalue weighted by Gasteiger charge is -2.32. The average molecular weight is 646 g/mol. The van der Waals surface area contributed by atoms with E-state index in [-0.39, 0.29) is 12.3 Å². The fraction of sp³-hybridized carbons (Fsp3) is 0.0444. The van der Waals surface area contributed by atoms with Gasteiger partial charge in [0, 0.05) is 32.7 Å². The molecule has 0 saturated heterocycles. The third kappa shape index (κ3) is 4.87. The number of rotatable bonds is 5. The molecule has 9 aromatic rings. The Morgan fingerprint density at radius 2 is 1.06 bits per heavy atom. The third-order valence-electron chi connectivity index (χ3n) is 9.77. The molecule has 0 saturated carbocycles. The highest BCUT2D eigenvalue weighted by molar-refractivity contribution is 6.08. The second-order valence-electron chi connectivity index (χ2n) is 12.8. The Morgan fingerprint density at radius 1 is 0.440 bits per heavy atom. The number of para-hydroxylation sites is 2. The van der Waals surface area contributed by atoms with Crippen molar-refractivity contribution in [3.8, 4) is 22.3 Å². The van der Waals surface area contributed by atoms with Gasteiger partial charge in [-0.15, -0.1) is 0 Å². The Hall–Kier alpha value is -6.43. The first-order valence-electron chi connectivity index (χ1n) is 16.9. The molecular formula is C45H31N3O2. The first-order valence-corrected chi connectivity index (χ1v) is 16.9. The molecule has 5 nitrogen and oxygen atoms in total. The SMILES string of the molecule is c1ccc(-c2cccc(C3=NC(c4ccc5oc6ccc(-c7ccccc7)cc6c5c4)NC(c4cccc5c4oc4ccccc45)N3)c2)cc1. The van der Waals surface area contributed by atoms with E-state index in [0.717, 1.165) is 83.1 Å². The van der Waals surface area contributed by atoms with Gasteiger partial charge in [0.05, 0.1) is 0 Å². The van der Waals surface area contributed by atoms with E-state index in [2.05, 4.69) is 150 Å². The van der Waals surface area contributed by atoms with Crippen molar-refractivity contribution in [3.05, 3.63) is 180 Å². The molecule has 10 rings (SSSR count). The van der Waals surface area contributed by atoms with E-state index in [0.29, 0.717) is 0 Å². The highest BCUT2D eigenvalue weighted by Gasteiger charge is 2.28. The largest absolute Gasteiger partial charge is 0.456 e. The number of fused-ring (bicyclic) bond motifs is 6. The molecule has 0 radical (unpaired) electrons. The summed E-state index contributed by atoms with van der Waals surface area (Å²) < 4.78 is 12.8. The van der Waals surface area contributed by atoms with Crippen LogP contribution in [0.25, 0.3) is 66.1 Å². The summed E-state index contributed by atoms with van der Waals surface area (Å²) in [6.45, 7) is 0. The lowest BCUT2D eigenvalue weighted by Crippen LogP contribution is -2.45. The van der Waals surface area contributed by atoms with Crippen LogP contribution in [-0.2, 0) is 0 Å². The van der Waals surface area contributed by atoms with Gasteiger partial charge in [0.2, 0.25) is 0 Å². The molecule has 0 aliphatic carbocycles. The topological polar surface area (TPSA) is 62.7 Å². The van der Waals surface area contributed by atoms with E-state index >= 15 is 0 Å². The Kier molecular flexibility index (Phi) is 6.64. The van der Waals surface area contributed by atoms with E-state index in [1.165, 1.54) is 5.56 Å². The smallest absolute Gasteiger partial charge is 0.142 e. The highest BCUT2D eigenvalue weighted by atomic mass is 16.3. The molecule has 1 aliphatic heterocycles. The number of benzene rings is 7. The fourth-order valence-corrected chi connectivity index (χ4v) is 7.28. The van der Waals surface area contributed by atoms with Gasteiger partial charge in [-0.05, 0) is 64.2 Å². The Balaban J connectivity index is 1.11. The third-order valence-corrected chi connectivity index (χ3v) is 9.77. The number of hydrogen-bond donors (Lipinski definition) is 2. The molecule has 3 heterocycles. The van der Waals surface area contributed by atoms with E-state index in [1.807, 2.05) is 24.3 Å². The molecular weight excluding hydrogens is 615 g/mol. The molecule has 2 unspecified atom stereocenters. The van der Waals surface area contributed by atoms with Gasteiger partial charge in [0.15, 0.2) is 0 Å². The minimum absolute atomic E-state index is 0.279. The van der Waals surface area contributed by atoms with E-state index in [1.54, 1.807) is 0 Å². The molecule has 2 atom stereocenters. The summed E-state index contributed by atoms with van der Waals surface area (Å²) in [5.74, 6) is 0.813. The van der Waals surface area contributed by atoms with Crippen molar-refractivity contribution in [1.82, 2.24) is 10.6 Å². The number of aliphatic imine (C=N–C) groups is 1. The van der Waals surface area contributed by atoms with Gasteiger partial charge in [-0.25, -0.2) is 4.99 Å². The van der Waals surface area contributed by atoms with Crippen LogP contribution in [0, 0.1) is 0 Å². The first-order chi connectivity index (χ1) is 24.7. The van der Waals surface area contributed by atoms with Crippen molar-refractivity contribution in [2.45, 2.75) is 12.3 Å². The predicted molar refractivity (Wildman–Crippen MR) is 203 cm³/mol. The molecule has 7 aromatic carbocycles. The van der Waals surface area contributed by atoms with Crippen LogP contribution in [0.15, 0.2) is 178 Å². The van der Waals surface area contributed by atoms with Crippen molar-refractivity contribution in [1.29, 1.82) is 0 Å². The van der Waals surface area contributed by atoms with Gasteiger partial charge in [0.25, 0.3) is 0 Å². The maximum Gasteiger partial charge on any atom is 0.142 e. The van der Waals surface area contributed by atoms with Crippen molar-refractivity contribution in [2.24, 2.45) is 4.99 Å². The lowest BCUT2D eigenvalue weighted by atomic mass is 10.00. The molecule has 2 N–H and O–H groups in total. The molecule has 50 heavy (non-hydrogen) atoms. The molecule has 2 aromatic heterocycles. The first kappa shape index (κ1) is 28.6. The average Bonchev–Trinajstić information content (AvgIpc) is 3.76. The fourth-order valence-electron chi connectivity index (χ4n) is 7.28. The van der Waals surface area contributed by atoms with Gasteiger partial charge in [-0.3, -0.25) is 5.32 Å². The number of furan rings is 2. The summed E-state index contributed by atoms with van der Waals surface area (Å²) in [4.78, 5) is 5.33. The summed E-state index contributed by atoms with van der Waals surface area (Å²) >= 11 is 0. The minimum atomic E-state index is -0.345. The highest BCUT2D eigenvalue weighted by Crippen LogP contribution is 2.37. The number of nitrogens with one attached hydrogen (secondary N) is 2. The second-order valence-corrected chi connectivity index (χ2v) is 12.8. The zero-order valence-electron chi connectivity index (χ0n) is 27.0. The number of hydrogen-bond acceptors (Lipinski definition) is 5. The van der Waals surface area contributed by atoms with Gasteiger partial charge >= 0.3 is 0 Å². The predicted octanol–water partition coefficient (Wildman–Crippen LogP) is 11.2. The van der Waals surface area contributed by atoms with Crippen LogP contribution in [-0.4, -0.2) is 5.84 Å². The number of nitrogens with zero attached hydrogens (tertiary/aromatic N) is 1. The maximum absolute atomic E-state index is 6.51. The normalized spacial score (nSPS) is 16.2. The van der Waals surface area contributed by atoms with Crippen molar-refractivity contribution >= 4 is 49.7 Å². The lowest BCUT2D eigenvalue weighted by molar-refractivity contribution is 0.408. The molecule has 0 amide bonds. The summed E-state index contributed by atoms with van der Waals surface area (Å²) in [5.41, 5.74) is 11.2. The van der Waals surface area contributed by atoms with Crippen LogP contribution in [0.3, 0.4) is 0 Å². The van der Waals surface area contributed by atoms with Crippen LogP contribution in [0.2, 0.25) is 0 Å². The zero-order valence-corrected chi connectivity index (χ0v) is 27.0. The summed E-state index contributed by atoms with van der Waals surface area (Å²) in [5, 5.41) is 11.9. The van der Waals surface area contributed by atoms with Gasteiger partial charge in [-0.1, -0.05) is 127 Å². The van der Waals surface area contributed by atoms with Crippen LogP contribution in [0.5, 0.6) is 0 Å². The Morgan fingerprint density at radius 3 is 1.88 bits per heavy atom. The quantitative estimate of drug-likeness (QED) is 0.195. The Bertz CT molecular complexity index is 2730. The molecule has 0 fully saturated rings. The van der Waals surface area contributed by atoms with Crippen molar-refractivity contribution in [3.63, 3.8) is 0 Å². The zero-order chi connectivity index (χ0) is 33.0. The minimum Gasteiger partial charge on any atom is -0.456 e. The van der Waals surface area contributed by atoms with E-state index < -0.39 is 0 Å². The molecule has 0 spiro atoms. The monoisotopic (exact) mass is 645 g/mol. The van der Waals surface area contributed by atoms with E-state index in [9.17, 15) is 0 Å². The van der Waals surface area contributed by atoms with Crippen LogP contribution in [0.4, 0.5) is 0 Å². The summed E-state index contributed by atoms with van der Waals surface area (Å²) in [6.07, 6.45) is -0.624. The standard InChI is InChI=1S/C45H31N3O2/c1-3-11-28(12-4-1)30-15-9-16-32(25-30)43-46-44(48-45(47-43)36-19-10-18-35-34-17-7-8-20-39(34)50-42(35)36)33-22-24-41-38(27-33)37-26-31(21-23-40(37)49-41)29-13-5-2-6-14-29/h1-27,44-45,48H,(H,46,47). The molecule has 1 aliphatic rings. The second kappa shape index (κ2) is 11.6. The summed E-state index contributed by atoms with van der Waals surface area (Å²) in [6, 6.07) is 56.9. The van der Waals surface area contributed by atoms with E-state index in [4.69, 9.17) is 13.8 Å². The summed E-state index contributed by atoms with van der Waals surface area (Å²) in [7, 11) is 0. The van der Waals surface area contributed by atoms with Crippen LogP contribution >= 0.6 is 0 Å². The molecule has 238 valence electrons. The van der Waals surface area contributed by atoms with Gasteiger partial charge < -0.3 is 14.2 Å². The Labute approximate surface area is 288 Å². The molecule has 0 bridgehead atoms. The van der Waals surface area contributed by atoms with Crippen LogP contribution in [0.1, 0.15) is 29.0 Å². The van der Waals surface area contributed by atoms with Crippen molar-refractivity contribution < 1.29 is 8.83 Å². The number of amidine groups is 1.